The number of amides is 1. The van der Waals surface area contributed by atoms with E-state index in [1.807, 2.05) is 6.07 Å². The molecule has 1 amide bonds. The maximum atomic E-state index is 12.9. The highest BCUT2D eigenvalue weighted by Gasteiger charge is 2.32. The zero-order valence-electron chi connectivity index (χ0n) is 15.4. The van der Waals surface area contributed by atoms with Crippen LogP contribution in [0.1, 0.15) is 36.9 Å². The minimum absolute atomic E-state index is 0.222. The molecule has 1 aromatic heterocycles. The quantitative estimate of drug-likeness (QED) is 0.644. The normalized spacial score (nSPS) is 14.9. The molecule has 3 rings (SSSR count). The van der Waals surface area contributed by atoms with E-state index in [4.69, 9.17) is 23.2 Å². The molecule has 0 saturated heterocycles. The minimum atomic E-state index is -3.46. The van der Waals surface area contributed by atoms with Gasteiger partial charge in [-0.2, -0.15) is 0 Å². The van der Waals surface area contributed by atoms with Crippen molar-refractivity contribution < 1.29 is 13.2 Å². The fourth-order valence-corrected chi connectivity index (χ4v) is 5.54. The number of halogens is 2. The Morgan fingerprint density at radius 3 is 2.46 bits per heavy atom. The van der Waals surface area contributed by atoms with Gasteiger partial charge in [0.2, 0.25) is 5.91 Å². The van der Waals surface area contributed by atoms with Gasteiger partial charge in [-0.3, -0.25) is 9.78 Å². The number of sulfone groups is 1. The second-order valence-corrected chi connectivity index (χ2v) is 10.1. The average Bonchev–Trinajstić information content (AvgIpc) is 3.20. The lowest BCUT2D eigenvalue weighted by atomic mass is 10.2. The Bertz CT molecular complexity index is 930. The maximum absolute atomic E-state index is 12.9. The van der Waals surface area contributed by atoms with Gasteiger partial charge in [0.25, 0.3) is 0 Å². The van der Waals surface area contributed by atoms with E-state index in [1.54, 1.807) is 36.5 Å². The Hall–Kier alpha value is -1.63. The molecule has 8 heteroatoms. The zero-order chi connectivity index (χ0) is 20.1. The highest BCUT2D eigenvalue weighted by atomic mass is 35.5. The third kappa shape index (κ3) is 5.46. The lowest BCUT2D eigenvalue weighted by Crippen LogP contribution is -2.37. The summed E-state index contributed by atoms with van der Waals surface area (Å²) in [6, 6.07) is 10.6. The first kappa shape index (κ1) is 21.1. The van der Waals surface area contributed by atoms with Gasteiger partial charge in [0.05, 0.1) is 27.5 Å². The van der Waals surface area contributed by atoms with Gasteiger partial charge in [-0.1, -0.05) is 48.2 Å². The smallest absolute Gasteiger partial charge is 0.238 e. The molecule has 1 aromatic carbocycles. The van der Waals surface area contributed by atoms with Crippen molar-refractivity contribution in [3.05, 3.63) is 63.9 Å². The molecule has 0 unspecified atom stereocenters. The Labute approximate surface area is 175 Å². The van der Waals surface area contributed by atoms with Crippen LogP contribution in [0.2, 0.25) is 10.0 Å². The summed E-state index contributed by atoms with van der Waals surface area (Å²) in [5, 5.41) is 0.415. The van der Waals surface area contributed by atoms with Crippen LogP contribution in [-0.2, 0) is 27.7 Å². The van der Waals surface area contributed by atoms with Crippen molar-refractivity contribution in [1.82, 2.24) is 9.88 Å². The fourth-order valence-electron chi connectivity index (χ4n) is 3.41. The van der Waals surface area contributed by atoms with Crippen molar-refractivity contribution in [2.45, 2.75) is 44.0 Å². The van der Waals surface area contributed by atoms with E-state index in [-0.39, 0.29) is 13.1 Å². The minimum Gasteiger partial charge on any atom is -0.332 e. The molecule has 2 aromatic rings. The summed E-state index contributed by atoms with van der Waals surface area (Å²) in [5.41, 5.74) is 1.46. The molecule has 1 heterocycles. The lowest BCUT2D eigenvalue weighted by Gasteiger charge is -2.23. The van der Waals surface area contributed by atoms with E-state index < -0.39 is 26.7 Å². The van der Waals surface area contributed by atoms with Gasteiger partial charge in [-0.25, -0.2) is 8.42 Å². The van der Waals surface area contributed by atoms with E-state index in [1.165, 1.54) is 4.90 Å². The highest BCUT2D eigenvalue weighted by molar-refractivity contribution is 7.92. The number of hydrogen-bond donors (Lipinski definition) is 0. The second kappa shape index (κ2) is 9.25. The van der Waals surface area contributed by atoms with Crippen LogP contribution in [0.15, 0.2) is 42.6 Å². The lowest BCUT2D eigenvalue weighted by molar-refractivity contribution is -0.129. The van der Waals surface area contributed by atoms with Crippen LogP contribution in [0.5, 0.6) is 0 Å². The number of rotatable bonds is 7. The number of benzene rings is 1. The molecule has 1 aliphatic rings. The first-order chi connectivity index (χ1) is 13.3. The van der Waals surface area contributed by atoms with E-state index in [0.717, 1.165) is 18.4 Å². The van der Waals surface area contributed by atoms with Crippen LogP contribution in [0.3, 0.4) is 0 Å². The fraction of sp³-hybridized carbons (Fsp3) is 0.400. The summed E-state index contributed by atoms with van der Waals surface area (Å²) >= 11 is 12.1. The molecule has 1 aliphatic carbocycles. The third-order valence-electron chi connectivity index (χ3n) is 4.92. The molecule has 0 spiro atoms. The van der Waals surface area contributed by atoms with Crippen LogP contribution in [0.25, 0.3) is 0 Å². The predicted octanol–water partition coefficient (Wildman–Crippen LogP) is 4.27. The largest absolute Gasteiger partial charge is 0.332 e. The molecular weight excluding hydrogens is 419 g/mol. The Kier molecular flexibility index (Phi) is 6.96. The third-order valence-corrected chi connectivity index (χ3v) is 7.80. The second-order valence-electron chi connectivity index (χ2n) is 7.03. The van der Waals surface area contributed by atoms with Crippen molar-refractivity contribution in [3.8, 4) is 0 Å². The maximum Gasteiger partial charge on any atom is 0.238 e. The number of aromatic nitrogens is 1. The number of pyridine rings is 1. The molecule has 0 atom stereocenters. The average molecular weight is 441 g/mol. The number of nitrogens with zero attached hydrogens (tertiary/aromatic N) is 2. The number of carbonyl (C=O) groups is 1. The van der Waals surface area contributed by atoms with Crippen molar-refractivity contribution >= 4 is 38.9 Å². The van der Waals surface area contributed by atoms with Crippen LogP contribution in [0, 0.1) is 0 Å². The predicted molar refractivity (Wildman–Crippen MR) is 111 cm³/mol. The summed E-state index contributed by atoms with van der Waals surface area (Å²) in [6.07, 6.45) is 4.73. The molecule has 150 valence electrons. The topological polar surface area (TPSA) is 67.3 Å². The summed E-state index contributed by atoms with van der Waals surface area (Å²) in [7, 11) is -3.46. The van der Waals surface area contributed by atoms with Gasteiger partial charge in [-0.15, -0.1) is 0 Å². The summed E-state index contributed by atoms with van der Waals surface area (Å²) in [5.74, 6) is -0.908. The van der Waals surface area contributed by atoms with E-state index in [9.17, 15) is 13.2 Å². The summed E-state index contributed by atoms with van der Waals surface area (Å²) in [4.78, 5) is 18.7. The molecule has 0 aliphatic heterocycles. The molecule has 0 bridgehead atoms. The van der Waals surface area contributed by atoms with Gasteiger partial charge in [0.15, 0.2) is 9.84 Å². The van der Waals surface area contributed by atoms with Crippen molar-refractivity contribution in [1.29, 1.82) is 0 Å². The zero-order valence-corrected chi connectivity index (χ0v) is 17.7. The Morgan fingerprint density at radius 1 is 1.07 bits per heavy atom. The molecular formula is C20H22Cl2N2O3S. The first-order valence-corrected chi connectivity index (χ1v) is 11.7. The van der Waals surface area contributed by atoms with E-state index in [2.05, 4.69) is 4.98 Å². The number of hydrogen-bond acceptors (Lipinski definition) is 4. The molecule has 5 nitrogen and oxygen atoms in total. The molecule has 28 heavy (non-hydrogen) atoms. The Balaban J connectivity index is 1.80. The highest BCUT2D eigenvalue weighted by Crippen LogP contribution is 2.26. The standard InChI is InChI=1S/C20H22Cl2N2O3S/c21-18-9-8-15(11-19(18)22)12-24(13-16-5-3-4-10-23-16)20(25)14-28(26,27)17-6-1-2-7-17/h3-5,8-11,17H,1-2,6-7,12-14H2. The summed E-state index contributed by atoms with van der Waals surface area (Å²) in [6.45, 7) is 0.451. The number of carbonyl (C=O) groups excluding carboxylic acids is 1. The SMILES string of the molecule is O=C(CS(=O)(=O)C1CCCC1)N(Cc1ccc(Cl)c(Cl)c1)Cc1ccccn1. The van der Waals surface area contributed by atoms with Crippen molar-refractivity contribution in [3.63, 3.8) is 0 Å². The van der Waals surface area contributed by atoms with Gasteiger partial charge in [0, 0.05) is 12.7 Å². The monoisotopic (exact) mass is 440 g/mol. The molecule has 0 radical (unpaired) electrons. The van der Waals surface area contributed by atoms with Gasteiger partial charge in [-0.05, 0) is 42.7 Å². The Morgan fingerprint density at radius 2 is 1.82 bits per heavy atom. The van der Waals surface area contributed by atoms with Crippen molar-refractivity contribution in [2.24, 2.45) is 0 Å². The van der Waals surface area contributed by atoms with Gasteiger partial charge in [0.1, 0.15) is 5.75 Å². The summed E-state index contributed by atoms with van der Waals surface area (Å²) < 4.78 is 25.3. The van der Waals surface area contributed by atoms with Crippen LogP contribution in [-0.4, -0.2) is 35.2 Å². The van der Waals surface area contributed by atoms with Crippen LogP contribution in [0.4, 0.5) is 0 Å². The first-order valence-electron chi connectivity index (χ1n) is 9.18. The molecule has 1 saturated carbocycles. The van der Waals surface area contributed by atoms with E-state index >= 15 is 0 Å². The van der Waals surface area contributed by atoms with Gasteiger partial charge < -0.3 is 4.90 Å². The molecule has 1 fully saturated rings. The van der Waals surface area contributed by atoms with E-state index in [0.29, 0.717) is 28.6 Å². The molecule has 0 N–H and O–H groups in total. The van der Waals surface area contributed by atoms with Crippen LogP contribution >= 0.6 is 23.2 Å². The van der Waals surface area contributed by atoms with Crippen LogP contribution < -0.4 is 0 Å². The van der Waals surface area contributed by atoms with Gasteiger partial charge >= 0.3 is 0 Å². The van der Waals surface area contributed by atoms with Crippen molar-refractivity contribution in [2.75, 3.05) is 5.75 Å².